The van der Waals surface area contributed by atoms with E-state index in [4.69, 9.17) is 21.1 Å². The molecule has 0 unspecified atom stereocenters. The van der Waals surface area contributed by atoms with E-state index in [2.05, 4.69) is 34.7 Å². The van der Waals surface area contributed by atoms with Crippen LogP contribution in [0.5, 0.6) is 5.75 Å². The van der Waals surface area contributed by atoms with Crippen molar-refractivity contribution in [1.29, 1.82) is 0 Å². The molecule has 0 atom stereocenters. The molecule has 2 aromatic carbocycles. The van der Waals surface area contributed by atoms with E-state index in [-0.39, 0.29) is 0 Å². The van der Waals surface area contributed by atoms with Gasteiger partial charge >= 0.3 is 6.09 Å². The lowest BCUT2D eigenvalue weighted by atomic mass is 10.0. The molecule has 0 fully saturated rings. The predicted molar refractivity (Wildman–Crippen MR) is 132 cm³/mol. The minimum absolute atomic E-state index is 0.343. The van der Waals surface area contributed by atoms with E-state index in [1.165, 1.54) is 0 Å². The lowest BCUT2D eigenvalue weighted by Gasteiger charge is -2.20. The molecule has 0 aliphatic heterocycles. The Bertz CT molecular complexity index is 1110. The number of carbonyl (C=O) groups is 1. The molecule has 0 saturated carbocycles. The van der Waals surface area contributed by atoms with Crippen molar-refractivity contribution < 1.29 is 14.3 Å². The van der Waals surface area contributed by atoms with Crippen molar-refractivity contribution in [3.63, 3.8) is 0 Å². The van der Waals surface area contributed by atoms with Crippen LogP contribution in [-0.4, -0.2) is 38.5 Å². The zero-order valence-corrected chi connectivity index (χ0v) is 21.1. The van der Waals surface area contributed by atoms with Crippen LogP contribution in [0.3, 0.4) is 0 Å². The number of halogens is 1. The molecule has 1 amide bonds. The van der Waals surface area contributed by atoms with E-state index in [1.807, 2.05) is 63.2 Å². The summed E-state index contributed by atoms with van der Waals surface area (Å²) in [7, 11) is 0. The van der Waals surface area contributed by atoms with Gasteiger partial charge in [-0.1, -0.05) is 43.6 Å². The Kier molecular flexibility index (Phi) is 8.50. The highest BCUT2D eigenvalue weighted by Gasteiger charge is 2.16. The third-order valence-electron chi connectivity index (χ3n) is 4.79. The molecule has 1 heterocycles. The minimum Gasteiger partial charge on any atom is -0.493 e. The maximum atomic E-state index is 12.0. The number of hydrogen-bond acceptors (Lipinski definition) is 6. The van der Waals surface area contributed by atoms with E-state index in [0.29, 0.717) is 36.3 Å². The number of rotatable bonds is 9. The molecule has 34 heavy (non-hydrogen) atoms. The molecule has 1 N–H and O–H groups in total. The fourth-order valence-corrected chi connectivity index (χ4v) is 3.56. The lowest BCUT2D eigenvalue weighted by Crippen LogP contribution is -2.32. The van der Waals surface area contributed by atoms with Gasteiger partial charge in [-0.05, 0) is 72.5 Å². The maximum Gasteiger partial charge on any atom is 0.407 e. The molecule has 8 nitrogen and oxygen atoms in total. The summed E-state index contributed by atoms with van der Waals surface area (Å²) in [5.74, 6) is 1.87. The number of nitrogens with one attached hydrogen (secondary N) is 1. The molecule has 9 heteroatoms. The fraction of sp³-hybridized carbons (Fsp3) is 0.440. The number of aromatic nitrogens is 4. The van der Waals surface area contributed by atoms with Gasteiger partial charge in [0.25, 0.3) is 0 Å². The van der Waals surface area contributed by atoms with E-state index in [0.717, 1.165) is 29.0 Å². The highest BCUT2D eigenvalue weighted by atomic mass is 35.5. The summed E-state index contributed by atoms with van der Waals surface area (Å²) >= 11 is 6.22. The largest absolute Gasteiger partial charge is 0.493 e. The Balaban J connectivity index is 1.63. The molecule has 0 saturated heterocycles. The van der Waals surface area contributed by atoms with Crippen LogP contribution in [-0.2, 0) is 24.2 Å². The number of ether oxygens (including phenoxy) is 2. The maximum absolute atomic E-state index is 12.0. The van der Waals surface area contributed by atoms with Gasteiger partial charge in [0.15, 0.2) is 5.82 Å². The quantitative estimate of drug-likeness (QED) is 0.442. The monoisotopic (exact) mass is 485 g/mol. The Labute approximate surface area is 205 Å². The van der Waals surface area contributed by atoms with Gasteiger partial charge < -0.3 is 14.8 Å². The van der Waals surface area contributed by atoms with Crippen molar-refractivity contribution in [3.8, 4) is 17.1 Å². The van der Waals surface area contributed by atoms with Gasteiger partial charge in [-0.3, -0.25) is 0 Å². The number of benzene rings is 2. The van der Waals surface area contributed by atoms with Gasteiger partial charge in [0.1, 0.15) is 11.4 Å². The van der Waals surface area contributed by atoms with E-state index in [1.54, 1.807) is 4.68 Å². The van der Waals surface area contributed by atoms with Crippen LogP contribution in [0.25, 0.3) is 11.4 Å². The highest BCUT2D eigenvalue weighted by Crippen LogP contribution is 2.23. The van der Waals surface area contributed by atoms with E-state index in [9.17, 15) is 4.79 Å². The number of hydrogen-bond donors (Lipinski definition) is 1. The highest BCUT2D eigenvalue weighted by molar-refractivity contribution is 6.30. The first kappa shape index (κ1) is 25.5. The number of tetrazole rings is 1. The van der Waals surface area contributed by atoms with Crippen LogP contribution in [0.4, 0.5) is 4.79 Å². The zero-order valence-electron chi connectivity index (χ0n) is 20.3. The van der Waals surface area contributed by atoms with E-state index < -0.39 is 11.7 Å². The first-order chi connectivity index (χ1) is 16.1. The second-order valence-corrected chi connectivity index (χ2v) is 9.91. The van der Waals surface area contributed by atoms with Gasteiger partial charge in [-0.25, -0.2) is 9.48 Å². The lowest BCUT2D eigenvalue weighted by molar-refractivity contribution is 0.0523. The molecule has 0 aliphatic carbocycles. The molecule has 3 aromatic rings. The molecule has 1 aromatic heterocycles. The van der Waals surface area contributed by atoms with Crippen LogP contribution in [0.1, 0.15) is 45.7 Å². The van der Waals surface area contributed by atoms with Crippen molar-refractivity contribution >= 4 is 17.7 Å². The Morgan fingerprint density at radius 1 is 1.15 bits per heavy atom. The summed E-state index contributed by atoms with van der Waals surface area (Å²) in [4.78, 5) is 12.0. The summed E-state index contributed by atoms with van der Waals surface area (Å²) in [6.07, 6.45) is 0.169. The topological polar surface area (TPSA) is 91.2 Å². The van der Waals surface area contributed by atoms with Crippen molar-refractivity contribution in [2.45, 2.75) is 59.7 Å². The third kappa shape index (κ3) is 7.73. The molecule has 0 spiro atoms. The van der Waals surface area contributed by atoms with Crippen LogP contribution in [0, 0.1) is 5.92 Å². The van der Waals surface area contributed by atoms with Crippen molar-refractivity contribution in [3.05, 3.63) is 58.6 Å². The summed E-state index contributed by atoms with van der Waals surface area (Å²) in [6.45, 7) is 11.3. The number of amides is 1. The molecule has 182 valence electrons. The van der Waals surface area contributed by atoms with E-state index >= 15 is 0 Å². The molecular weight excluding hydrogens is 454 g/mol. The molecule has 0 radical (unpaired) electrons. The Hall–Kier alpha value is -3.13. The zero-order chi connectivity index (χ0) is 24.7. The Morgan fingerprint density at radius 2 is 1.94 bits per heavy atom. The number of carbonyl (C=O) groups excluding carboxylic acids is 1. The van der Waals surface area contributed by atoms with Gasteiger partial charge in [-0.2, -0.15) is 0 Å². The summed E-state index contributed by atoms with van der Waals surface area (Å²) in [5, 5.41) is 15.5. The normalized spacial score (nSPS) is 11.5. The SMILES string of the molecule is CC(C)Cn1nnnc1-c1cccc(OCCc2cc(Cl)ccc2CNC(=O)OC(C)(C)C)c1. The van der Waals surface area contributed by atoms with Crippen LogP contribution in [0.15, 0.2) is 42.5 Å². The third-order valence-corrected chi connectivity index (χ3v) is 5.03. The molecule has 0 bridgehead atoms. The van der Waals surface area contributed by atoms with Crippen molar-refractivity contribution in [1.82, 2.24) is 25.5 Å². The van der Waals surface area contributed by atoms with Crippen molar-refractivity contribution in [2.24, 2.45) is 5.92 Å². The summed E-state index contributed by atoms with van der Waals surface area (Å²) < 4.78 is 13.1. The van der Waals surface area contributed by atoms with Gasteiger partial charge in [0.05, 0.1) is 6.61 Å². The van der Waals surface area contributed by atoms with Gasteiger partial charge in [0.2, 0.25) is 0 Å². The second-order valence-electron chi connectivity index (χ2n) is 9.47. The number of nitrogens with zero attached hydrogens (tertiary/aromatic N) is 4. The van der Waals surface area contributed by atoms with Gasteiger partial charge in [-0.15, -0.1) is 5.10 Å². The van der Waals surface area contributed by atoms with Gasteiger partial charge in [0, 0.05) is 30.1 Å². The van der Waals surface area contributed by atoms with Crippen LogP contribution in [0.2, 0.25) is 5.02 Å². The summed E-state index contributed by atoms with van der Waals surface area (Å²) in [6, 6.07) is 13.3. The first-order valence-corrected chi connectivity index (χ1v) is 11.7. The Morgan fingerprint density at radius 3 is 2.68 bits per heavy atom. The van der Waals surface area contributed by atoms with Crippen LogP contribution >= 0.6 is 11.6 Å². The first-order valence-electron chi connectivity index (χ1n) is 11.3. The standard InChI is InChI=1S/C25H32ClN5O3/c1-17(2)16-31-23(28-29-30-31)19-7-6-8-22(14-19)33-12-11-18-13-21(26)10-9-20(18)15-27-24(32)34-25(3,4)5/h6-10,13-14,17H,11-12,15-16H2,1-5H3,(H,27,32). The van der Waals surface area contributed by atoms with Crippen molar-refractivity contribution in [2.75, 3.05) is 6.61 Å². The molecule has 0 aliphatic rings. The average molecular weight is 486 g/mol. The van der Waals surface area contributed by atoms with Crippen LogP contribution < -0.4 is 10.1 Å². The second kappa shape index (κ2) is 11.3. The minimum atomic E-state index is -0.548. The average Bonchev–Trinajstić information content (AvgIpc) is 3.19. The fourth-order valence-electron chi connectivity index (χ4n) is 3.37. The molecule has 3 rings (SSSR count). The predicted octanol–water partition coefficient (Wildman–Crippen LogP) is 5.30. The smallest absolute Gasteiger partial charge is 0.407 e. The summed E-state index contributed by atoms with van der Waals surface area (Å²) in [5.41, 5.74) is 2.31. The number of alkyl carbamates (subject to hydrolysis) is 1. The molecular formula is C25H32ClN5O3.